The van der Waals surface area contributed by atoms with Crippen LogP contribution in [-0.2, 0) is 6.42 Å². The summed E-state index contributed by atoms with van der Waals surface area (Å²) in [7, 11) is -1.27. The van der Waals surface area contributed by atoms with E-state index in [4.69, 9.17) is 4.74 Å². The zero-order valence-corrected chi connectivity index (χ0v) is 11.3. The van der Waals surface area contributed by atoms with Gasteiger partial charge in [0.15, 0.2) is 0 Å². The molecule has 0 radical (unpaired) electrons. The van der Waals surface area contributed by atoms with Crippen LogP contribution in [0.5, 0.6) is 5.75 Å². The molecule has 1 heterocycles. The van der Waals surface area contributed by atoms with E-state index < -0.39 is 8.07 Å². The van der Waals surface area contributed by atoms with Crippen LogP contribution in [0.25, 0.3) is 0 Å². The number of fused-ring (bicyclic) bond motifs is 1. The first kappa shape index (κ1) is 11.3. The van der Waals surface area contributed by atoms with Crippen LogP contribution >= 0.6 is 0 Å². The number of hydrogen-bond donors (Lipinski definition) is 0. The summed E-state index contributed by atoms with van der Waals surface area (Å²) in [6.07, 6.45) is 2.25. The van der Waals surface area contributed by atoms with E-state index in [1.54, 1.807) is 0 Å². The SMILES string of the molecule is C[Si](C)(C)C#Cc1ccc2c(c1)CCCO2. The maximum atomic E-state index is 5.58. The molecule has 2 heteroatoms. The van der Waals surface area contributed by atoms with Crippen LogP contribution < -0.4 is 4.74 Å². The molecule has 1 aromatic carbocycles. The van der Waals surface area contributed by atoms with Crippen molar-refractivity contribution in [2.45, 2.75) is 32.5 Å². The first-order valence-electron chi connectivity index (χ1n) is 5.83. The number of ether oxygens (including phenoxy) is 1. The van der Waals surface area contributed by atoms with Gasteiger partial charge in [-0.05, 0) is 36.6 Å². The summed E-state index contributed by atoms with van der Waals surface area (Å²) in [6.45, 7) is 7.65. The summed E-state index contributed by atoms with van der Waals surface area (Å²) in [5.74, 6) is 4.34. The average molecular weight is 230 g/mol. The molecule has 0 aromatic heterocycles. The van der Waals surface area contributed by atoms with Gasteiger partial charge < -0.3 is 4.74 Å². The minimum atomic E-state index is -1.27. The lowest BCUT2D eigenvalue weighted by atomic mass is 10.0. The highest BCUT2D eigenvalue weighted by atomic mass is 28.3. The van der Waals surface area contributed by atoms with Crippen molar-refractivity contribution in [3.8, 4) is 17.2 Å². The topological polar surface area (TPSA) is 9.23 Å². The number of rotatable bonds is 0. The zero-order chi connectivity index (χ0) is 11.6. The third kappa shape index (κ3) is 2.90. The van der Waals surface area contributed by atoms with Gasteiger partial charge in [-0.15, -0.1) is 5.54 Å². The molecule has 0 aliphatic carbocycles. The zero-order valence-electron chi connectivity index (χ0n) is 10.3. The number of hydrogen-bond acceptors (Lipinski definition) is 1. The Hall–Kier alpha value is -1.20. The molecule has 0 saturated heterocycles. The molecule has 1 aliphatic rings. The smallest absolute Gasteiger partial charge is 0.129 e. The normalized spacial score (nSPS) is 14.4. The van der Waals surface area contributed by atoms with Crippen molar-refractivity contribution in [1.29, 1.82) is 0 Å². The van der Waals surface area contributed by atoms with Crippen LogP contribution in [0.2, 0.25) is 19.6 Å². The third-order valence-corrected chi connectivity index (χ3v) is 3.37. The first-order valence-corrected chi connectivity index (χ1v) is 9.33. The number of benzene rings is 1. The average Bonchev–Trinajstić information content (AvgIpc) is 2.25. The van der Waals surface area contributed by atoms with Gasteiger partial charge >= 0.3 is 0 Å². The van der Waals surface area contributed by atoms with Gasteiger partial charge in [0.05, 0.1) is 6.61 Å². The Bertz CT molecular complexity index is 446. The molecule has 1 aliphatic heterocycles. The van der Waals surface area contributed by atoms with E-state index in [2.05, 4.69) is 49.3 Å². The molecule has 1 nitrogen and oxygen atoms in total. The minimum Gasteiger partial charge on any atom is -0.493 e. The maximum absolute atomic E-state index is 5.58. The van der Waals surface area contributed by atoms with Crippen molar-refractivity contribution >= 4 is 8.07 Å². The predicted molar refractivity (Wildman–Crippen MR) is 70.5 cm³/mol. The second-order valence-corrected chi connectivity index (χ2v) is 10.0. The van der Waals surface area contributed by atoms with Gasteiger partial charge in [0, 0.05) is 5.56 Å². The van der Waals surface area contributed by atoms with Gasteiger partial charge in [0.1, 0.15) is 13.8 Å². The van der Waals surface area contributed by atoms with Crippen LogP contribution in [-0.4, -0.2) is 14.7 Å². The van der Waals surface area contributed by atoms with Crippen molar-refractivity contribution in [2.75, 3.05) is 6.61 Å². The second kappa shape index (κ2) is 4.35. The van der Waals surface area contributed by atoms with Crippen molar-refractivity contribution < 1.29 is 4.74 Å². The predicted octanol–water partition coefficient (Wildman–Crippen LogP) is 3.24. The standard InChI is InChI=1S/C14H18OSi/c1-16(2,3)10-8-12-6-7-14-13(11-12)5-4-9-15-14/h6-7,11H,4-5,9H2,1-3H3. The van der Waals surface area contributed by atoms with Gasteiger partial charge in [0.2, 0.25) is 0 Å². The fourth-order valence-corrected chi connectivity index (χ4v) is 2.22. The molecule has 0 bridgehead atoms. The summed E-state index contributed by atoms with van der Waals surface area (Å²) in [5, 5.41) is 0. The van der Waals surface area contributed by atoms with Crippen LogP contribution in [0.3, 0.4) is 0 Å². The first-order chi connectivity index (χ1) is 7.54. The molecular weight excluding hydrogens is 212 g/mol. The Balaban J connectivity index is 2.26. The molecule has 0 spiro atoms. The highest BCUT2D eigenvalue weighted by Gasteiger charge is 2.10. The molecule has 16 heavy (non-hydrogen) atoms. The molecule has 0 saturated carbocycles. The van der Waals surface area contributed by atoms with E-state index in [-0.39, 0.29) is 0 Å². The van der Waals surface area contributed by atoms with E-state index in [0.717, 1.165) is 30.8 Å². The van der Waals surface area contributed by atoms with Crippen molar-refractivity contribution in [1.82, 2.24) is 0 Å². The van der Waals surface area contributed by atoms with Crippen molar-refractivity contribution in [3.63, 3.8) is 0 Å². The fourth-order valence-electron chi connectivity index (χ4n) is 1.70. The van der Waals surface area contributed by atoms with Gasteiger partial charge in [-0.3, -0.25) is 0 Å². The van der Waals surface area contributed by atoms with Gasteiger partial charge in [0.25, 0.3) is 0 Å². The summed E-state index contributed by atoms with van der Waals surface area (Å²) >= 11 is 0. The molecule has 0 amide bonds. The molecule has 84 valence electrons. The molecule has 0 N–H and O–H groups in total. The summed E-state index contributed by atoms with van der Waals surface area (Å²) < 4.78 is 5.58. The van der Waals surface area contributed by atoms with Crippen LogP contribution in [0.1, 0.15) is 17.5 Å². The lowest BCUT2D eigenvalue weighted by Crippen LogP contribution is -2.16. The third-order valence-electron chi connectivity index (χ3n) is 2.49. The van der Waals surface area contributed by atoms with Crippen LogP contribution in [0.15, 0.2) is 18.2 Å². The van der Waals surface area contributed by atoms with Crippen LogP contribution in [0, 0.1) is 11.5 Å². The Kier molecular flexibility index (Phi) is 3.07. The highest BCUT2D eigenvalue weighted by molar-refractivity contribution is 6.83. The van der Waals surface area contributed by atoms with Gasteiger partial charge in [-0.2, -0.15) is 0 Å². The Morgan fingerprint density at radius 3 is 2.81 bits per heavy atom. The summed E-state index contributed by atoms with van der Waals surface area (Å²) in [5.41, 5.74) is 5.84. The van der Waals surface area contributed by atoms with E-state index in [1.165, 1.54) is 5.56 Å². The van der Waals surface area contributed by atoms with Crippen molar-refractivity contribution in [2.24, 2.45) is 0 Å². The monoisotopic (exact) mass is 230 g/mol. The van der Waals surface area contributed by atoms with E-state index in [9.17, 15) is 0 Å². The minimum absolute atomic E-state index is 0.854. The summed E-state index contributed by atoms with van der Waals surface area (Å²) in [4.78, 5) is 0. The fraction of sp³-hybridized carbons (Fsp3) is 0.429. The number of aryl methyl sites for hydroxylation is 1. The molecular formula is C14H18OSi. The Morgan fingerprint density at radius 1 is 1.25 bits per heavy atom. The largest absolute Gasteiger partial charge is 0.493 e. The molecule has 2 rings (SSSR count). The molecule has 0 atom stereocenters. The molecule has 0 fully saturated rings. The highest BCUT2D eigenvalue weighted by Crippen LogP contribution is 2.25. The van der Waals surface area contributed by atoms with Gasteiger partial charge in [-0.25, -0.2) is 0 Å². The molecule has 1 aromatic rings. The molecule has 0 unspecified atom stereocenters. The maximum Gasteiger partial charge on any atom is 0.129 e. The second-order valence-electron chi connectivity index (χ2n) is 5.27. The summed E-state index contributed by atoms with van der Waals surface area (Å²) in [6, 6.07) is 6.31. The van der Waals surface area contributed by atoms with Gasteiger partial charge in [-0.1, -0.05) is 25.6 Å². The van der Waals surface area contributed by atoms with Crippen molar-refractivity contribution in [3.05, 3.63) is 29.3 Å². The quantitative estimate of drug-likeness (QED) is 0.491. The van der Waals surface area contributed by atoms with E-state index in [0.29, 0.717) is 0 Å². The van der Waals surface area contributed by atoms with E-state index in [1.807, 2.05) is 0 Å². The lowest BCUT2D eigenvalue weighted by Gasteiger charge is -2.16. The lowest BCUT2D eigenvalue weighted by molar-refractivity contribution is 0.288. The Labute approximate surface area is 98.8 Å². The Morgan fingerprint density at radius 2 is 2.06 bits per heavy atom. The van der Waals surface area contributed by atoms with Crippen LogP contribution in [0.4, 0.5) is 0 Å². The van der Waals surface area contributed by atoms with E-state index >= 15 is 0 Å².